The van der Waals surface area contributed by atoms with Crippen LogP contribution in [0.25, 0.3) is 0 Å². The molecule has 0 aliphatic heterocycles. The smallest absolute Gasteiger partial charge is 0.315 e. The third-order valence-electron chi connectivity index (χ3n) is 1.97. The van der Waals surface area contributed by atoms with Gasteiger partial charge >= 0.3 is 6.43 Å². The summed E-state index contributed by atoms with van der Waals surface area (Å²) in [7, 11) is 1.57. The van der Waals surface area contributed by atoms with Gasteiger partial charge in [-0.1, -0.05) is 24.3 Å². The number of ether oxygens (including phenoxy) is 1. The Balaban J connectivity index is 2.53. The standard InChI is InChI=1S/C11H13F2NO2/c1-16-7-9-4-2-3-8(5-9)6-14-11(15)10(12)13/h2-5,10H,6-7H2,1H3,(H,14,15). The number of benzene rings is 1. The maximum absolute atomic E-state index is 11.9. The summed E-state index contributed by atoms with van der Waals surface area (Å²) < 4.78 is 28.7. The molecule has 16 heavy (non-hydrogen) atoms. The number of alkyl halides is 2. The number of carbonyl (C=O) groups excluding carboxylic acids is 1. The summed E-state index contributed by atoms with van der Waals surface area (Å²) in [5.74, 6) is -1.25. The van der Waals surface area contributed by atoms with Crippen LogP contribution in [0.15, 0.2) is 24.3 Å². The van der Waals surface area contributed by atoms with E-state index in [0.29, 0.717) is 6.61 Å². The lowest BCUT2D eigenvalue weighted by atomic mass is 10.1. The van der Waals surface area contributed by atoms with Crippen LogP contribution in [0.2, 0.25) is 0 Å². The molecule has 5 heteroatoms. The van der Waals surface area contributed by atoms with Crippen molar-refractivity contribution in [3.05, 3.63) is 35.4 Å². The van der Waals surface area contributed by atoms with E-state index < -0.39 is 12.3 Å². The van der Waals surface area contributed by atoms with Crippen molar-refractivity contribution in [3.8, 4) is 0 Å². The topological polar surface area (TPSA) is 38.3 Å². The predicted molar refractivity (Wildman–Crippen MR) is 55.0 cm³/mol. The molecule has 0 spiro atoms. The average molecular weight is 229 g/mol. The summed E-state index contributed by atoms with van der Waals surface area (Å²) in [6.07, 6.45) is -2.97. The summed E-state index contributed by atoms with van der Waals surface area (Å²) in [6, 6.07) is 7.21. The monoisotopic (exact) mass is 229 g/mol. The van der Waals surface area contributed by atoms with Gasteiger partial charge in [0.1, 0.15) is 0 Å². The summed E-state index contributed by atoms with van der Waals surface area (Å²) in [5.41, 5.74) is 1.70. The highest BCUT2D eigenvalue weighted by Gasteiger charge is 2.13. The molecule has 0 aliphatic carbocycles. The van der Waals surface area contributed by atoms with Crippen molar-refractivity contribution in [2.75, 3.05) is 7.11 Å². The molecule has 1 aromatic carbocycles. The normalized spacial score (nSPS) is 10.5. The van der Waals surface area contributed by atoms with Crippen LogP contribution in [0.1, 0.15) is 11.1 Å². The molecule has 1 amide bonds. The van der Waals surface area contributed by atoms with Gasteiger partial charge in [-0.05, 0) is 11.1 Å². The van der Waals surface area contributed by atoms with Crippen molar-refractivity contribution < 1.29 is 18.3 Å². The molecule has 0 aliphatic rings. The zero-order chi connectivity index (χ0) is 12.0. The Labute approximate surface area is 92.4 Å². The van der Waals surface area contributed by atoms with Gasteiger partial charge in [-0.15, -0.1) is 0 Å². The fraction of sp³-hybridized carbons (Fsp3) is 0.364. The van der Waals surface area contributed by atoms with E-state index in [9.17, 15) is 13.6 Å². The van der Waals surface area contributed by atoms with Crippen LogP contribution in [-0.4, -0.2) is 19.4 Å². The number of methoxy groups -OCH3 is 1. The number of amides is 1. The van der Waals surface area contributed by atoms with Gasteiger partial charge in [-0.2, -0.15) is 8.78 Å². The molecule has 0 atom stereocenters. The maximum Gasteiger partial charge on any atom is 0.315 e. The van der Waals surface area contributed by atoms with Crippen LogP contribution in [-0.2, 0) is 22.7 Å². The van der Waals surface area contributed by atoms with Crippen LogP contribution in [0.5, 0.6) is 0 Å². The molecular weight excluding hydrogens is 216 g/mol. The van der Waals surface area contributed by atoms with E-state index in [2.05, 4.69) is 5.32 Å². The van der Waals surface area contributed by atoms with Gasteiger partial charge in [-0.25, -0.2) is 0 Å². The second kappa shape index (κ2) is 6.17. The largest absolute Gasteiger partial charge is 0.380 e. The Morgan fingerprint density at radius 1 is 1.44 bits per heavy atom. The Morgan fingerprint density at radius 2 is 2.12 bits per heavy atom. The van der Waals surface area contributed by atoms with E-state index in [0.717, 1.165) is 11.1 Å². The highest BCUT2D eigenvalue weighted by molar-refractivity contribution is 5.79. The van der Waals surface area contributed by atoms with Crippen molar-refractivity contribution in [1.82, 2.24) is 5.32 Å². The van der Waals surface area contributed by atoms with Gasteiger partial charge in [0.05, 0.1) is 6.61 Å². The molecule has 88 valence electrons. The molecule has 0 saturated heterocycles. The van der Waals surface area contributed by atoms with Crippen molar-refractivity contribution in [3.63, 3.8) is 0 Å². The van der Waals surface area contributed by atoms with Gasteiger partial charge in [0.25, 0.3) is 5.91 Å². The van der Waals surface area contributed by atoms with E-state index in [4.69, 9.17) is 4.74 Å². The molecule has 0 radical (unpaired) electrons. The third-order valence-corrected chi connectivity index (χ3v) is 1.97. The number of rotatable bonds is 5. The fourth-order valence-corrected chi connectivity index (χ4v) is 1.26. The minimum atomic E-state index is -2.97. The zero-order valence-electron chi connectivity index (χ0n) is 8.87. The lowest BCUT2D eigenvalue weighted by Crippen LogP contribution is -2.28. The highest BCUT2D eigenvalue weighted by Crippen LogP contribution is 2.06. The minimum absolute atomic E-state index is 0.0979. The Bertz CT molecular complexity index is 356. The number of hydrogen-bond acceptors (Lipinski definition) is 2. The second-order valence-electron chi connectivity index (χ2n) is 3.27. The van der Waals surface area contributed by atoms with Crippen LogP contribution in [0, 0.1) is 0 Å². The van der Waals surface area contributed by atoms with Gasteiger partial charge in [0.15, 0.2) is 0 Å². The third kappa shape index (κ3) is 3.94. The molecule has 0 aromatic heterocycles. The number of hydrogen-bond donors (Lipinski definition) is 1. The molecule has 0 unspecified atom stereocenters. The first kappa shape index (κ1) is 12.6. The van der Waals surface area contributed by atoms with E-state index >= 15 is 0 Å². The lowest BCUT2D eigenvalue weighted by Gasteiger charge is -2.06. The first-order valence-corrected chi connectivity index (χ1v) is 4.76. The maximum atomic E-state index is 11.9. The van der Waals surface area contributed by atoms with Crippen LogP contribution < -0.4 is 5.32 Å². The van der Waals surface area contributed by atoms with Crippen molar-refractivity contribution >= 4 is 5.91 Å². The molecule has 1 aromatic rings. The van der Waals surface area contributed by atoms with Crippen molar-refractivity contribution in [1.29, 1.82) is 0 Å². The first-order valence-electron chi connectivity index (χ1n) is 4.76. The van der Waals surface area contributed by atoms with Gasteiger partial charge in [-0.3, -0.25) is 4.79 Å². The van der Waals surface area contributed by atoms with Gasteiger partial charge in [0, 0.05) is 13.7 Å². The highest BCUT2D eigenvalue weighted by atomic mass is 19.3. The minimum Gasteiger partial charge on any atom is -0.380 e. The fourth-order valence-electron chi connectivity index (χ4n) is 1.26. The Morgan fingerprint density at radius 3 is 2.75 bits per heavy atom. The van der Waals surface area contributed by atoms with E-state index in [1.807, 2.05) is 6.07 Å². The summed E-state index contributed by atoms with van der Waals surface area (Å²) in [5, 5.41) is 2.14. The van der Waals surface area contributed by atoms with Crippen LogP contribution in [0.3, 0.4) is 0 Å². The quantitative estimate of drug-likeness (QED) is 0.834. The van der Waals surface area contributed by atoms with E-state index in [1.54, 1.807) is 25.3 Å². The molecule has 1 N–H and O–H groups in total. The van der Waals surface area contributed by atoms with Crippen LogP contribution in [0.4, 0.5) is 8.78 Å². The predicted octanol–water partition coefficient (Wildman–Crippen LogP) is 1.71. The molecule has 0 fully saturated rings. The number of nitrogens with one attached hydrogen (secondary N) is 1. The lowest BCUT2D eigenvalue weighted by molar-refractivity contribution is -0.131. The van der Waals surface area contributed by atoms with Gasteiger partial charge in [0.2, 0.25) is 0 Å². The number of carbonyl (C=O) groups is 1. The SMILES string of the molecule is COCc1cccc(CNC(=O)C(F)F)c1. The molecule has 1 rings (SSSR count). The zero-order valence-corrected chi connectivity index (χ0v) is 8.87. The first-order chi connectivity index (χ1) is 7.63. The van der Waals surface area contributed by atoms with Crippen molar-refractivity contribution in [2.24, 2.45) is 0 Å². The van der Waals surface area contributed by atoms with Crippen LogP contribution >= 0.6 is 0 Å². The van der Waals surface area contributed by atoms with E-state index in [-0.39, 0.29) is 6.54 Å². The molecule has 0 saturated carbocycles. The van der Waals surface area contributed by atoms with E-state index in [1.165, 1.54) is 0 Å². The molecule has 0 heterocycles. The summed E-state index contributed by atoms with van der Waals surface area (Å²) in [6.45, 7) is 0.553. The average Bonchev–Trinajstić information content (AvgIpc) is 2.26. The Kier molecular flexibility index (Phi) is 4.85. The van der Waals surface area contributed by atoms with Crippen molar-refractivity contribution in [2.45, 2.75) is 19.6 Å². The Hall–Kier alpha value is -1.49. The summed E-state index contributed by atoms with van der Waals surface area (Å²) in [4.78, 5) is 10.6. The summed E-state index contributed by atoms with van der Waals surface area (Å²) >= 11 is 0. The second-order valence-corrected chi connectivity index (χ2v) is 3.27. The number of halogens is 2. The molecular formula is C11H13F2NO2. The molecule has 0 bridgehead atoms. The van der Waals surface area contributed by atoms with Gasteiger partial charge < -0.3 is 10.1 Å². The molecule has 3 nitrogen and oxygen atoms in total.